The molecule has 4 nitrogen and oxygen atoms in total. The first-order valence-electron chi connectivity index (χ1n) is 4.89. The van der Waals surface area contributed by atoms with Crippen LogP contribution in [0.2, 0.25) is 12.6 Å². The van der Waals surface area contributed by atoms with Crippen molar-refractivity contribution in [3.63, 3.8) is 0 Å². The van der Waals surface area contributed by atoms with E-state index in [-0.39, 0.29) is 0 Å². The molecule has 0 aliphatic carbocycles. The molecule has 0 saturated carbocycles. The third-order valence-electron chi connectivity index (χ3n) is 1.99. The van der Waals surface area contributed by atoms with Crippen LogP contribution in [0.15, 0.2) is 0 Å². The van der Waals surface area contributed by atoms with Gasteiger partial charge in [0.15, 0.2) is 0 Å². The van der Waals surface area contributed by atoms with Crippen molar-refractivity contribution in [1.29, 1.82) is 0 Å². The van der Waals surface area contributed by atoms with Gasteiger partial charge < -0.3 is 19.0 Å². The van der Waals surface area contributed by atoms with Crippen molar-refractivity contribution in [2.24, 2.45) is 5.73 Å². The van der Waals surface area contributed by atoms with E-state index in [1.54, 1.807) is 14.2 Å². The summed E-state index contributed by atoms with van der Waals surface area (Å²) >= 11 is 0. The molecule has 0 saturated heterocycles. The highest BCUT2D eigenvalue weighted by Crippen LogP contribution is 2.12. The fourth-order valence-corrected chi connectivity index (χ4v) is 2.13. The molecule has 0 aliphatic rings. The Hall–Kier alpha value is 0.274. The summed E-state index contributed by atoms with van der Waals surface area (Å²) in [6, 6.07) is 0.983. The van der Waals surface area contributed by atoms with E-state index >= 15 is 0 Å². The highest BCUT2D eigenvalue weighted by molar-refractivity contribution is 6.65. The monoisotopic (exact) mass is 239 g/mol. The van der Waals surface area contributed by atoms with Crippen LogP contribution in [-0.4, -0.2) is 46.4 Å². The van der Waals surface area contributed by atoms with E-state index in [1.807, 2.05) is 13.5 Å². The summed E-state index contributed by atoms with van der Waals surface area (Å²) in [6.07, 6.45) is 0.990. The minimum atomic E-state index is -1.80. The lowest BCUT2D eigenvalue weighted by atomic mass is 10.5. The van der Waals surface area contributed by atoms with Crippen LogP contribution in [-0.2, 0) is 13.3 Å². The second-order valence-corrected chi connectivity index (χ2v) is 7.17. The molecule has 0 radical (unpaired) electrons. The average Bonchev–Trinajstić information content (AvgIpc) is 2.26. The Bertz CT molecular complexity index is 111. The molecule has 0 spiro atoms. The molecule has 0 atom stereocenters. The fraction of sp³-hybridized carbons (Fsp3) is 1.00. The molecule has 88 valence electrons. The van der Waals surface area contributed by atoms with Crippen LogP contribution in [0.3, 0.4) is 0 Å². The zero-order chi connectivity index (χ0) is 11.4. The molecule has 0 bridgehead atoms. The maximum absolute atomic E-state index is 5.36. The quantitative estimate of drug-likeness (QED) is 0.663. The minimum Gasteiger partial charge on any atom is -0.428 e. The molecule has 0 heterocycles. The van der Waals surface area contributed by atoms with Crippen molar-refractivity contribution >= 4 is 19.0 Å². The first-order valence-corrected chi connectivity index (χ1v) is 8.23. The van der Waals surface area contributed by atoms with Gasteiger partial charge in [0.2, 0.25) is 0 Å². The molecule has 6 heteroatoms. The molecule has 0 aromatic heterocycles. The SMILES string of the molecule is CCO[SiH3].CO[Si](C)(CCCN)OC. The second-order valence-electron chi connectivity index (χ2n) is 3.01. The van der Waals surface area contributed by atoms with E-state index in [9.17, 15) is 0 Å². The molecule has 0 aromatic carbocycles. The second kappa shape index (κ2) is 11.3. The van der Waals surface area contributed by atoms with Gasteiger partial charge in [0, 0.05) is 20.8 Å². The van der Waals surface area contributed by atoms with Crippen LogP contribution in [0.5, 0.6) is 0 Å². The van der Waals surface area contributed by atoms with Crippen molar-refractivity contribution in [2.45, 2.75) is 25.9 Å². The van der Waals surface area contributed by atoms with Crippen LogP contribution in [0.25, 0.3) is 0 Å². The van der Waals surface area contributed by atoms with Crippen molar-refractivity contribution in [1.82, 2.24) is 0 Å². The van der Waals surface area contributed by atoms with Gasteiger partial charge in [0.05, 0.1) is 0 Å². The first kappa shape index (κ1) is 16.7. The normalized spacial score (nSPS) is 10.9. The van der Waals surface area contributed by atoms with E-state index in [4.69, 9.17) is 14.6 Å². The third kappa shape index (κ3) is 10.4. The summed E-state index contributed by atoms with van der Waals surface area (Å²) in [5.41, 5.74) is 5.36. The lowest BCUT2D eigenvalue weighted by Crippen LogP contribution is -2.36. The molecule has 0 amide bonds. The van der Waals surface area contributed by atoms with E-state index in [1.165, 1.54) is 0 Å². The Balaban J connectivity index is 0. The summed E-state index contributed by atoms with van der Waals surface area (Å²) < 4.78 is 15.2. The van der Waals surface area contributed by atoms with E-state index < -0.39 is 8.56 Å². The van der Waals surface area contributed by atoms with Crippen LogP contribution in [0.4, 0.5) is 0 Å². The summed E-state index contributed by atoms with van der Waals surface area (Å²) in [4.78, 5) is 0. The standard InChI is InChI=1S/C6H17NO2Si.C2H8OSi/c1-8-10(3,9-2)6-4-5-7;1-2-3-4/h4-7H2,1-3H3;2H2,1,4H3. The summed E-state index contributed by atoms with van der Waals surface area (Å²) in [6.45, 7) is 5.64. The maximum atomic E-state index is 5.36. The van der Waals surface area contributed by atoms with Crippen molar-refractivity contribution in [3.8, 4) is 0 Å². The van der Waals surface area contributed by atoms with Crippen molar-refractivity contribution in [3.05, 3.63) is 0 Å². The topological polar surface area (TPSA) is 53.7 Å². The van der Waals surface area contributed by atoms with E-state index in [0.717, 1.165) is 36.1 Å². The summed E-state index contributed by atoms with van der Waals surface area (Å²) in [5, 5.41) is 0. The number of hydrogen-bond acceptors (Lipinski definition) is 4. The predicted molar refractivity (Wildman–Crippen MR) is 65.7 cm³/mol. The van der Waals surface area contributed by atoms with Gasteiger partial charge in [-0.2, -0.15) is 0 Å². The average molecular weight is 239 g/mol. The van der Waals surface area contributed by atoms with Gasteiger partial charge >= 0.3 is 8.56 Å². The Kier molecular flexibility index (Phi) is 13.5. The summed E-state index contributed by atoms with van der Waals surface area (Å²) in [5.74, 6) is 0. The fourth-order valence-electron chi connectivity index (χ4n) is 0.711. The largest absolute Gasteiger partial charge is 0.428 e. The van der Waals surface area contributed by atoms with Gasteiger partial charge in [0.1, 0.15) is 10.5 Å². The van der Waals surface area contributed by atoms with Crippen LogP contribution in [0.1, 0.15) is 13.3 Å². The van der Waals surface area contributed by atoms with Gasteiger partial charge in [-0.15, -0.1) is 0 Å². The third-order valence-corrected chi connectivity index (χ3v) is 5.55. The summed E-state index contributed by atoms with van der Waals surface area (Å²) in [7, 11) is 2.49. The first-order chi connectivity index (χ1) is 6.60. The molecular weight excluding hydrogens is 214 g/mol. The van der Waals surface area contributed by atoms with Crippen LogP contribution in [0, 0.1) is 0 Å². The smallest absolute Gasteiger partial charge is 0.334 e. The van der Waals surface area contributed by atoms with E-state index in [2.05, 4.69) is 4.43 Å². The van der Waals surface area contributed by atoms with Gasteiger partial charge in [-0.1, -0.05) is 0 Å². The van der Waals surface area contributed by atoms with E-state index in [0.29, 0.717) is 0 Å². The van der Waals surface area contributed by atoms with Crippen LogP contribution >= 0.6 is 0 Å². The highest BCUT2D eigenvalue weighted by atomic mass is 28.4. The molecule has 0 aliphatic heterocycles. The molecule has 2 N–H and O–H groups in total. The molecule has 0 rings (SSSR count). The van der Waals surface area contributed by atoms with Gasteiger partial charge in [-0.05, 0) is 32.5 Å². The van der Waals surface area contributed by atoms with Gasteiger partial charge in [-0.3, -0.25) is 0 Å². The molecule has 0 fully saturated rings. The highest BCUT2D eigenvalue weighted by Gasteiger charge is 2.27. The molecule has 0 unspecified atom stereocenters. The lowest BCUT2D eigenvalue weighted by Gasteiger charge is -2.21. The Morgan fingerprint density at radius 2 is 1.71 bits per heavy atom. The maximum Gasteiger partial charge on any atom is 0.334 e. The van der Waals surface area contributed by atoms with Gasteiger partial charge in [0.25, 0.3) is 0 Å². The zero-order valence-corrected chi connectivity index (χ0v) is 13.1. The van der Waals surface area contributed by atoms with Gasteiger partial charge in [-0.25, -0.2) is 0 Å². The molecule has 0 aromatic rings. The minimum absolute atomic E-state index is 0.718. The zero-order valence-electron chi connectivity index (χ0n) is 10.1. The predicted octanol–water partition coefficient (Wildman–Crippen LogP) is 0.00330. The Labute approximate surface area is 91.9 Å². The Morgan fingerprint density at radius 1 is 1.29 bits per heavy atom. The lowest BCUT2D eigenvalue weighted by molar-refractivity contribution is 0.249. The van der Waals surface area contributed by atoms with Crippen molar-refractivity contribution < 1.29 is 13.3 Å². The molecular formula is C8H25NO3Si2. The number of rotatable bonds is 6. The number of nitrogens with two attached hydrogens (primary N) is 1. The number of hydrogen-bond donors (Lipinski definition) is 1. The molecule has 14 heavy (non-hydrogen) atoms. The van der Waals surface area contributed by atoms with Crippen LogP contribution < -0.4 is 5.73 Å². The van der Waals surface area contributed by atoms with Crippen molar-refractivity contribution in [2.75, 3.05) is 27.4 Å². The Morgan fingerprint density at radius 3 is 1.93 bits per heavy atom.